The van der Waals surface area contributed by atoms with Crippen LogP contribution >= 0.6 is 0 Å². The smallest absolute Gasteiger partial charge is 0.333 e. The second-order valence-electron chi connectivity index (χ2n) is 8.78. The summed E-state index contributed by atoms with van der Waals surface area (Å²) in [5.41, 5.74) is -1.27. The van der Waals surface area contributed by atoms with Crippen molar-refractivity contribution in [1.29, 1.82) is 0 Å². The number of esters is 1. The van der Waals surface area contributed by atoms with Crippen LogP contribution in [0, 0.1) is 17.3 Å². The molecule has 24 heavy (non-hydrogen) atoms. The van der Waals surface area contributed by atoms with Crippen molar-refractivity contribution in [3.63, 3.8) is 0 Å². The summed E-state index contributed by atoms with van der Waals surface area (Å²) in [6.45, 7) is 11.7. The number of allylic oxidation sites excluding steroid dienone is 1. The molecule has 0 saturated heterocycles. The molecule has 2 aliphatic carbocycles. The molecule has 0 unspecified atom stereocenters. The molecule has 2 N–H and O–H groups in total. The van der Waals surface area contributed by atoms with E-state index >= 15 is 0 Å². The summed E-state index contributed by atoms with van der Waals surface area (Å²) in [7, 11) is 0. The first-order chi connectivity index (χ1) is 11.0. The van der Waals surface area contributed by atoms with E-state index in [0.29, 0.717) is 31.3 Å². The lowest BCUT2D eigenvalue weighted by molar-refractivity contribution is -0.217. The van der Waals surface area contributed by atoms with E-state index in [1.807, 2.05) is 27.7 Å². The number of hydrogen-bond acceptors (Lipinski definition) is 4. The molecule has 4 heteroatoms. The van der Waals surface area contributed by atoms with Crippen molar-refractivity contribution < 1.29 is 19.7 Å². The van der Waals surface area contributed by atoms with Crippen LogP contribution in [-0.4, -0.2) is 33.5 Å². The molecule has 138 valence electrons. The van der Waals surface area contributed by atoms with Crippen LogP contribution in [0.1, 0.15) is 73.6 Å². The van der Waals surface area contributed by atoms with Crippen molar-refractivity contribution in [2.24, 2.45) is 17.3 Å². The fraction of sp³-hybridized carbons (Fsp3) is 0.850. The highest BCUT2D eigenvalue weighted by molar-refractivity contribution is 5.87. The Kier molecular flexibility index (Phi) is 5.23. The van der Waals surface area contributed by atoms with Gasteiger partial charge in [0.2, 0.25) is 0 Å². The van der Waals surface area contributed by atoms with Crippen LogP contribution in [0.2, 0.25) is 0 Å². The first-order valence-electron chi connectivity index (χ1n) is 9.25. The molecule has 5 atom stereocenters. The number of carbonyl (C=O) groups excluding carboxylic acids is 1. The Hall–Kier alpha value is -0.870. The Morgan fingerprint density at radius 1 is 1.21 bits per heavy atom. The second-order valence-corrected chi connectivity index (χ2v) is 8.78. The van der Waals surface area contributed by atoms with E-state index in [1.165, 1.54) is 0 Å². The highest BCUT2D eigenvalue weighted by Crippen LogP contribution is 2.58. The van der Waals surface area contributed by atoms with Gasteiger partial charge in [0.1, 0.15) is 6.10 Å². The highest BCUT2D eigenvalue weighted by Gasteiger charge is 2.59. The summed E-state index contributed by atoms with van der Waals surface area (Å²) in [4.78, 5) is 12.3. The van der Waals surface area contributed by atoms with Gasteiger partial charge in [0.25, 0.3) is 0 Å². The molecule has 0 aromatic rings. The quantitative estimate of drug-likeness (QED) is 0.609. The van der Waals surface area contributed by atoms with Gasteiger partial charge >= 0.3 is 5.97 Å². The molecule has 0 bridgehead atoms. The first-order valence-corrected chi connectivity index (χ1v) is 9.25. The Labute approximate surface area is 146 Å². The summed E-state index contributed by atoms with van der Waals surface area (Å²) in [6.07, 6.45) is 4.82. The van der Waals surface area contributed by atoms with Gasteiger partial charge in [-0.05, 0) is 64.7 Å². The minimum absolute atomic E-state index is 0.0800. The Bertz CT molecular complexity index is 522. The predicted octanol–water partition coefficient (Wildman–Crippen LogP) is 3.60. The van der Waals surface area contributed by atoms with Crippen LogP contribution in [0.5, 0.6) is 0 Å². The summed E-state index contributed by atoms with van der Waals surface area (Å²) in [5, 5.41) is 22.0. The fourth-order valence-electron chi connectivity index (χ4n) is 4.65. The Morgan fingerprint density at radius 3 is 2.38 bits per heavy atom. The van der Waals surface area contributed by atoms with Crippen molar-refractivity contribution in [1.82, 2.24) is 0 Å². The lowest BCUT2D eigenvalue weighted by atomic mass is 9.50. The van der Waals surface area contributed by atoms with E-state index in [4.69, 9.17) is 4.74 Å². The standard InChI is InChI=1S/C20H34O4/c1-7-14(4)17(21)24-16-8-9-19(6,22)15-12-20(23,13(2)3)11-10-18(15,16)5/h7,13,15-16,22-23H,8-12H2,1-6H3/b14-7-/t15-,16-,18-,19+,20+/m1/s1. The third kappa shape index (κ3) is 3.28. The van der Waals surface area contributed by atoms with Gasteiger partial charge in [-0.1, -0.05) is 26.8 Å². The number of hydrogen-bond donors (Lipinski definition) is 2. The molecule has 2 rings (SSSR count). The van der Waals surface area contributed by atoms with E-state index in [1.54, 1.807) is 13.0 Å². The zero-order valence-corrected chi connectivity index (χ0v) is 16.1. The second kappa shape index (κ2) is 6.45. The SMILES string of the molecule is C/C=C(/C)C(=O)O[C@@H]1CC[C@](C)(O)[C@@H]2C[C@](O)(C(C)C)CC[C@]21C. The molecule has 0 spiro atoms. The van der Waals surface area contributed by atoms with Gasteiger partial charge in [-0.15, -0.1) is 0 Å². The maximum atomic E-state index is 12.3. The molecule has 0 heterocycles. The van der Waals surface area contributed by atoms with Crippen LogP contribution in [0.3, 0.4) is 0 Å². The number of aliphatic hydroxyl groups is 2. The third-order valence-corrected chi connectivity index (χ3v) is 6.93. The fourth-order valence-corrected chi connectivity index (χ4v) is 4.65. The third-order valence-electron chi connectivity index (χ3n) is 6.93. The molecule has 0 aliphatic heterocycles. The van der Waals surface area contributed by atoms with Crippen molar-refractivity contribution in [3.05, 3.63) is 11.6 Å². The number of fused-ring (bicyclic) bond motifs is 1. The van der Waals surface area contributed by atoms with Gasteiger partial charge in [0, 0.05) is 11.0 Å². The van der Waals surface area contributed by atoms with Gasteiger partial charge in [-0.25, -0.2) is 4.79 Å². The van der Waals surface area contributed by atoms with Gasteiger partial charge in [0.15, 0.2) is 0 Å². The normalized spacial score (nSPS) is 43.5. The van der Waals surface area contributed by atoms with Crippen molar-refractivity contribution in [3.8, 4) is 0 Å². The number of rotatable bonds is 3. The molecule has 0 radical (unpaired) electrons. The maximum absolute atomic E-state index is 12.3. The molecule has 4 nitrogen and oxygen atoms in total. The minimum atomic E-state index is -0.837. The van der Waals surface area contributed by atoms with Crippen molar-refractivity contribution >= 4 is 5.97 Å². The van der Waals surface area contributed by atoms with Crippen molar-refractivity contribution in [2.75, 3.05) is 0 Å². The first kappa shape index (κ1) is 19.5. The molecule has 0 amide bonds. The monoisotopic (exact) mass is 338 g/mol. The molecule has 2 saturated carbocycles. The molecule has 2 aliphatic rings. The van der Waals surface area contributed by atoms with Gasteiger partial charge in [-0.2, -0.15) is 0 Å². The highest BCUT2D eigenvalue weighted by atomic mass is 16.5. The van der Waals surface area contributed by atoms with Gasteiger partial charge < -0.3 is 14.9 Å². The van der Waals surface area contributed by atoms with Crippen LogP contribution in [0.15, 0.2) is 11.6 Å². The lowest BCUT2D eigenvalue weighted by Crippen LogP contribution is -2.61. The van der Waals surface area contributed by atoms with Gasteiger partial charge in [0.05, 0.1) is 11.2 Å². The summed E-state index contributed by atoms with van der Waals surface area (Å²) >= 11 is 0. The minimum Gasteiger partial charge on any atom is -0.458 e. The van der Waals surface area contributed by atoms with Crippen LogP contribution in [-0.2, 0) is 9.53 Å². The molecule has 2 fully saturated rings. The zero-order valence-electron chi connectivity index (χ0n) is 16.1. The maximum Gasteiger partial charge on any atom is 0.333 e. The van der Waals surface area contributed by atoms with E-state index in [0.717, 1.165) is 6.42 Å². The Balaban J connectivity index is 2.29. The number of carbonyl (C=O) groups is 1. The average Bonchev–Trinajstić information content (AvgIpc) is 2.51. The summed E-state index contributed by atoms with van der Waals surface area (Å²) < 4.78 is 5.84. The Morgan fingerprint density at radius 2 is 1.83 bits per heavy atom. The molecule has 0 aromatic heterocycles. The largest absolute Gasteiger partial charge is 0.458 e. The lowest BCUT2D eigenvalue weighted by Gasteiger charge is -2.59. The van der Waals surface area contributed by atoms with Crippen LogP contribution < -0.4 is 0 Å². The predicted molar refractivity (Wildman–Crippen MR) is 94.4 cm³/mol. The van der Waals surface area contributed by atoms with Crippen molar-refractivity contribution in [2.45, 2.75) is 91.0 Å². The van der Waals surface area contributed by atoms with Crippen LogP contribution in [0.4, 0.5) is 0 Å². The van der Waals surface area contributed by atoms with E-state index in [-0.39, 0.29) is 29.3 Å². The van der Waals surface area contributed by atoms with E-state index in [9.17, 15) is 15.0 Å². The van der Waals surface area contributed by atoms with Crippen LogP contribution in [0.25, 0.3) is 0 Å². The zero-order chi connectivity index (χ0) is 18.3. The average molecular weight is 338 g/mol. The van der Waals surface area contributed by atoms with E-state index in [2.05, 4.69) is 6.92 Å². The summed E-state index contributed by atoms with van der Waals surface area (Å²) in [5.74, 6) is -0.205. The molecule has 0 aromatic carbocycles. The van der Waals surface area contributed by atoms with E-state index < -0.39 is 11.2 Å². The topological polar surface area (TPSA) is 66.8 Å². The molecular formula is C20H34O4. The summed E-state index contributed by atoms with van der Waals surface area (Å²) in [6, 6.07) is 0. The number of ether oxygens (including phenoxy) is 1. The van der Waals surface area contributed by atoms with Gasteiger partial charge in [-0.3, -0.25) is 0 Å². The molecular weight excluding hydrogens is 304 g/mol.